The molecule has 0 amide bonds. The third-order valence-electron chi connectivity index (χ3n) is 3.90. The Kier molecular flexibility index (Phi) is 6.73. The summed E-state index contributed by atoms with van der Waals surface area (Å²) in [4.78, 5) is 0.863. The van der Waals surface area contributed by atoms with Gasteiger partial charge in [0.2, 0.25) is 9.84 Å². The van der Waals surface area contributed by atoms with Crippen molar-refractivity contribution in [3.8, 4) is 0 Å². The van der Waals surface area contributed by atoms with Crippen LogP contribution in [-0.4, -0.2) is 8.42 Å². The number of halogens is 4. The van der Waals surface area contributed by atoms with Crippen LogP contribution in [0.1, 0.15) is 22.3 Å². The minimum atomic E-state index is -3.57. The van der Waals surface area contributed by atoms with Gasteiger partial charge >= 0.3 is 0 Å². The maximum atomic E-state index is 13.4. The second-order valence-corrected chi connectivity index (χ2v) is 11.7. The van der Waals surface area contributed by atoms with E-state index in [0.29, 0.717) is 9.79 Å². The molecule has 0 aliphatic carbocycles. The predicted octanol–water partition coefficient (Wildman–Crippen LogP) is 6.17. The third-order valence-corrected chi connectivity index (χ3v) is 11.7. The first-order valence-corrected chi connectivity index (χ1v) is 12.5. The molecule has 0 spiro atoms. The summed E-state index contributed by atoms with van der Waals surface area (Å²) in [5.41, 5.74) is 4.28. The summed E-state index contributed by atoms with van der Waals surface area (Å²) in [7, 11) is -3.57. The number of benzene rings is 2. The first-order chi connectivity index (χ1) is 10.5. The lowest BCUT2D eigenvalue weighted by molar-refractivity contribution is 0.593. The van der Waals surface area contributed by atoms with E-state index in [1.165, 1.54) is 0 Å². The molecule has 0 heterocycles. The number of hydrogen-bond donors (Lipinski definition) is 0. The van der Waals surface area contributed by atoms with E-state index in [2.05, 4.69) is 90.4 Å². The fourth-order valence-electron chi connectivity index (χ4n) is 2.22. The average Bonchev–Trinajstić information content (AvgIpc) is 2.41. The molecule has 0 atom stereocenters. The maximum absolute atomic E-state index is 13.4. The normalized spacial score (nSPS) is 11.8. The molecule has 2 nitrogen and oxygen atoms in total. The Morgan fingerprint density at radius 2 is 1.00 bits per heavy atom. The molecule has 0 unspecified atom stereocenters. The van der Waals surface area contributed by atoms with Crippen LogP contribution in [0.15, 0.2) is 21.9 Å². The van der Waals surface area contributed by atoms with Crippen molar-refractivity contribution in [2.75, 3.05) is 0 Å². The molecule has 2 aromatic carbocycles. The first kappa shape index (κ1) is 20.6. The Morgan fingerprint density at radius 1 is 0.696 bits per heavy atom. The van der Waals surface area contributed by atoms with Gasteiger partial charge in [-0.15, -0.1) is 0 Å². The maximum Gasteiger partial charge on any atom is 0.210 e. The van der Waals surface area contributed by atoms with Gasteiger partial charge in [0, 0.05) is 14.3 Å². The molecule has 0 aliphatic rings. The van der Waals surface area contributed by atoms with Crippen molar-refractivity contribution in [2.45, 2.75) is 37.5 Å². The Bertz CT molecular complexity index is 849. The van der Waals surface area contributed by atoms with Crippen LogP contribution in [0.4, 0.5) is 0 Å². The number of sulfone groups is 1. The molecule has 0 aromatic heterocycles. The lowest BCUT2D eigenvalue weighted by Gasteiger charge is -2.17. The van der Waals surface area contributed by atoms with E-state index in [1.807, 2.05) is 39.8 Å². The summed E-state index contributed by atoms with van der Waals surface area (Å²) in [5, 5.41) is 0. The smallest absolute Gasteiger partial charge is 0.210 e. The van der Waals surface area contributed by atoms with Gasteiger partial charge in [-0.05, 0) is 152 Å². The van der Waals surface area contributed by atoms with Crippen LogP contribution in [0.5, 0.6) is 0 Å². The van der Waals surface area contributed by atoms with Crippen LogP contribution < -0.4 is 0 Å². The average molecular weight is 778 g/mol. The van der Waals surface area contributed by atoms with Crippen molar-refractivity contribution in [3.05, 3.63) is 48.7 Å². The standard InChI is InChI=1S/C16H14I4O2S/c1-7-5-11(17)15(13(19)9(7)3)23(21,22)16-12(18)6-8(2)10(4)14(16)20/h5-6H,1-4H3. The van der Waals surface area contributed by atoms with Gasteiger partial charge in [0.1, 0.15) is 0 Å². The van der Waals surface area contributed by atoms with Gasteiger partial charge in [-0.1, -0.05) is 0 Å². The summed E-state index contributed by atoms with van der Waals surface area (Å²) in [6.45, 7) is 7.98. The van der Waals surface area contributed by atoms with Crippen molar-refractivity contribution >= 4 is 100 Å². The third kappa shape index (κ3) is 3.72. The van der Waals surface area contributed by atoms with Crippen molar-refractivity contribution in [3.63, 3.8) is 0 Å². The highest BCUT2D eigenvalue weighted by Gasteiger charge is 2.30. The molecule has 23 heavy (non-hydrogen) atoms. The first-order valence-electron chi connectivity index (χ1n) is 6.65. The van der Waals surface area contributed by atoms with Crippen molar-refractivity contribution in [1.82, 2.24) is 0 Å². The molecule has 0 saturated carbocycles. The Labute approximate surface area is 192 Å². The number of hydrogen-bond acceptors (Lipinski definition) is 2. The monoisotopic (exact) mass is 778 g/mol. The Morgan fingerprint density at radius 3 is 1.30 bits per heavy atom. The fraction of sp³-hybridized carbons (Fsp3) is 0.250. The predicted molar refractivity (Wildman–Crippen MR) is 128 cm³/mol. The largest absolute Gasteiger partial charge is 0.218 e. The topological polar surface area (TPSA) is 34.1 Å². The summed E-state index contributed by atoms with van der Waals surface area (Å²) >= 11 is 8.58. The van der Waals surface area contributed by atoms with Gasteiger partial charge in [0.25, 0.3) is 0 Å². The molecule has 0 N–H and O–H groups in total. The zero-order chi connectivity index (χ0) is 17.7. The molecule has 124 valence electrons. The minimum absolute atomic E-state index is 0.431. The number of rotatable bonds is 2. The highest BCUT2D eigenvalue weighted by atomic mass is 127. The van der Waals surface area contributed by atoms with E-state index in [4.69, 9.17) is 0 Å². The van der Waals surface area contributed by atoms with Gasteiger partial charge in [-0.25, -0.2) is 8.42 Å². The SMILES string of the molecule is Cc1cc(I)c(S(=O)(=O)c2c(I)cc(C)c(C)c2I)c(I)c1C. The molecule has 0 bridgehead atoms. The molecule has 0 aliphatic heterocycles. The van der Waals surface area contributed by atoms with Crippen molar-refractivity contribution in [1.29, 1.82) is 0 Å². The molecule has 2 rings (SSSR count). The molecule has 2 aromatic rings. The highest BCUT2D eigenvalue weighted by molar-refractivity contribution is 14.1. The Hall–Kier alpha value is 1.31. The van der Waals surface area contributed by atoms with Crippen LogP contribution in [0, 0.1) is 42.0 Å². The molecule has 7 heteroatoms. The van der Waals surface area contributed by atoms with E-state index < -0.39 is 9.84 Å². The second kappa shape index (κ2) is 7.51. The Balaban J connectivity index is 2.91. The summed E-state index contributed by atoms with van der Waals surface area (Å²) in [6, 6.07) is 3.90. The van der Waals surface area contributed by atoms with Crippen LogP contribution in [0.25, 0.3) is 0 Å². The van der Waals surface area contributed by atoms with E-state index in [0.717, 1.165) is 36.5 Å². The van der Waals surface area contributed by atoms with Gasteiger partial charge < -0.3 is 0 Å². The molecular weight excluding hydrogens is 764 g/mol. The van der Waals surface area contributed by atoms with Crippen LogP contribution >= 0.6 is 90.4 Å². The van der Waals surface area contributed by atoms with Gasteiger partial charge in [0.05, 0.1) is 9.79 Å². The molecule has 0 radical (unpaired) electrons. The lowest BCUT2D eigenvalue weighted by atomic mass is 10.1. The van der Waals surface area contributed by atoms with E-state index in [-0.39, 0.29) is 0 Å². The fourth-order valence-corrected chi connectivity index (χ4v) is 11.2. The van der Waals surface area contributed by atoms with Gasteiger partial charge in [0.15, 0.2) is 0 Å². The molecule has 0 fully saturated rings. The van der Waals surface area contributed by atoms with E-state index >= 15 is 0 Å². The summed E-state index contributed by atoms with van der Waals surface area (Å²) in [6.07, 6.45) is 0. The van der Waals surface area contributed by atoms with E-state index in [1.54, 1.807) is 0 Å². The molecule has 0 saturated heterocycles. The zero-order valence-electron chi connectivity index (χ0n) is 12.9. The quantitative estimate of drug-likeness (QED) is 0.342. The summed E-state index contributed by atoms with van der Waals surface area (Å²) in [5.74, 6) is 0. The highest BCUT2D eigenvalue weighted by Crippen LogP contribution is 2.38. The lowest BCUT2D eigenvalue weighted by Crippen LogP contribution is -2.13. The van der Waals surface area contributed by atoms with Crippen molar-refractivity contribution in [2.24, 2.45) is 0 Å². The van der Waals surface area contributed by atoms with Crippen LogP contribution in [0.3, 0.4) is 0 Å². The van der Waals surface area contributed by atoms with Gasteiger partial charge in [-0.2, -0.15) is 0 Å². The van der Waals surface area contributed by atoms with E-state index in [9.17, 15) is 8.42 Å². The second-order valence-electron chi connectivity index (χ2n) is 5.39. The minimum Gasteiger partial charge on any atom is -0.218 e. The summed E-state index contributed by atoms with van der Waals surface area (Å²) < 4.78 is 30.0. The van der Waals surface area contributed by atoms with Gasteiger partial charge in [-0.3, -0.25) is 0 Å². The zero-order valence-corrected chi connectivity index (χ0v) is 22.3. The van der Waals surface area contributed by atoms with Crippen LogP contribution in [-0.2, 0) is 9.84 Å². The molecular formula is C16H14I4O2S. The number of aryl methyl sites for hydroxylation is 2. The van der Waals surface area contributed by atoms with Crippen LogP contribution in [0.2, 0.25) is 0 Å². The van der Waals surface area contributed by atoms with Crippen molar-refractivity contribution < 1.29 is 8.42 Å².